The van der Waals surface area contributed by atoms with E-state index in [4.69, 9.17) is 0 Å². The van der Waals surface area contributed by atoms with Crippen LogP contribution in [0, 0.1) is 23.2 Å². The Labute approximate surface area is 73.6 Å². The van der Waals surface area contributed by atoms with Crippen LogP contribution >= 0.6 is 0 Å². The lowest BCUT2D eigenvalue weighted by molar-refractivity contribution is -0.222. The third-order valence-electron chi connectivity index (χ3n) is 4.35. The van der Waals surface area contributed by atoms with Gasteiger partial charge in [-0.05, 0) is 29.6 Å². The van der Waals surface area contributed by atoms with Crippen LogP contribution in [0.5, 0.6) is 0 Å². The minimum absolute atomic E-state index is 0.248. The maximum absolute atomic E-state index is 9.74. The van der Waals surface area contributed by atoms with E-state index in [1.807, 2.05) is 0 Å². The minimum Gasteiger partial charge on any atom is -0.390 e. The van der Waals surface area contributed by atoms with Crippen molar-refractivity contribution < 1.29 is 10.2 Å². The smallest absolute Gasteiger partial charge is 0.0835 e. The summed E-state index contributed by atoms with van der Waals surface area (Å²) in [6.45, 7) is 6.46. The second kappa shape index (κ2) is 2.24. The molecule has 0 aromatic heterocycles. The topological polar surface area (TPSA) is 40.5 Å². The van der Waals surface area contributed by atoms with Crippen molar-refractivity contribution in [2.24, 2.45) is 23.2 Å². The average molecular weight is 170 g/mol. The van der Waals surface area contributed by atoms with Crippen LogP contribution in [-0.4, -0.2) is 22.4 Å². The normalized spacial score (nSPS) is 56.2. The zero-order chi connectivity index (χ0) is 9.09. The summed E-state index contributed by atoms with van der Waals surface area (Å²) < 4.78 is 0. The highest BCUT2D eigenvalue weighted by atomic mass is 16.3. The van der Waals surface area contributed by atoms with Crippen molar-refractivity contribution in [3.05, 3.63) is 0 Å². The molecule has 2 heteroatoms. The van der Waals surface area contributed by atoms with E-state index in [2.05, 4.69) is 20.8 Å². The van der Waals surface area contributed by atoms with Gasteiger partial charge in [0.05, 0.1) is 12.2 Å². The van der Waals surface area contributed by atoms with Crippen molar-refractivity contribution in [1.82, 2.24) is 0 Å². The van der Waals surface area contributed by atoms with E-state index in [1.165, 1.54) is 0 Å². The van der Waals surface area contributed by atoms with Gasteiger partial charge in [-0.25, -0.2) is 0 Å². The Morgan fingerprint density at radius 1 is 1.08 bits per heavy atom. The van der Waals surface area contributed by atoms with Crippen LogP contribution in [0.4, 0.5) is 0 Å². The summed E-state index contributed by atoms with van der Waals surface area (Å²) >= 11 is 0. The molecule has 0 saturated heterocycles. The zero-order valence-electron chi connectivity index (χ0n) is 7.99. The predicted molar refractivity (Wildman–Crippen MR) is 46.6 cm³/mol. The first-order valence-electron chi connectivity index (χ1n) is 4.82. The summed E-state index contributed by atoms with van der Waals surface area (Å²) in [7, 11) is 0. The molecule has 70 valence electrons. The standard InChI is InChI=1S/C10H18O2/c1-5-6-4-7(10(6,2)3)9(12)8(5)11/h5-9,11-12H,4H2,1-3H3/t5-,6+,7-,8+,9-/m0/s1. The predicted octanol–water partition coefficient (Wildman–Crippen LogP) is 1.02. The highest BCUT2D eigenvalue weighted by Gasteiger charge is 2.60. The molecule has 0 unspecified atom stereocenters. The number of fused-ring (bicyclic) bond motifs is 2. The molecule has 0 spiro atoms. The van der Waals surface area contributed by atoms with Crippen LogP contribution in [0.15, 0.2) is 0 Å². The van der Waals surface area contributed by atoms with E-state index >= 15 is 0 Å². The van der Waals surface area contributed by atoms with Gasteiger partial charge < -0.3 is 10.2 Å². The zero-order valence-corrected chi connectivity index (χ0v) is 7.99. The van der Waals surface area contributed by atoms with Crippen molar-refractivity contribution in [3.63, 3.8) is 0 Å². The van der Waals surface area contributed by atoms with Gasteiger partial charge in [-0.3, -0.25) is 0 Å². The molecule has 2 N–H and O–H groups in total. The Morgan fingerprint density at radius 3 is 2.08 bits per heavy atom. The summed E-state index contributed by atoms with van der Waals surface area (Å²) in [6, 6.07) is 0. The molecule has 0 aliphatic heterocycles. The molecule has 3 saturated carbocycles. The number of hydrogen-bond donors (Lipinski definition) is 2. The number of aliphatic hydroxyl groups is 2. The molecule has 0 amide bonds. The number of aliphatic hydroxyl groups excluding tert-OH is 2. The SMILES string of the molecule is C[C@@H]1[C@@H](O)[C@@H](O)[C@@H]2C[C@H]1C2(C)C. The third kappa shape index (κ3) is 0.775. The summed E-state index contributed by atoms with van der Waals surface area (Å²) in [5.41, 5.74) is 0.248. The quantitative estimate of drug-likeness (QED) is 0.570. The Hall–Kier alpha value is -0.0800. The molecule has 3 aliphatic carbocycles. The second-order valence-electron chi connectivity index (χ2n) is 5.11. The molecule has 0 aromatic rings. The van der Waals surface area contributed by atoms with Crippen molar-refractivity contribution >= 4 is 0 Å². The van der Waals surface area contributed by atoms with Gasteiger partial charge in [0.15, 0.2) is 0 Å². The van der Waals surface area contributed by atoms with Crippen LogP contribution < -0.4 is 0 Å². The third-order valence-corrected chi connectivity index (χ3v) is 4.35. The fourth-order valence-electron chi connectivity index (χ4n) is 3.25. The first-order valence-corrected chi connectivity index (χ1v) is 4.82. The molecule has 3 aliphatic rings. The largest absolute Gasteiger partial charge is 0.390 e. The van der Waals surface area contributed by atoms with Crippen molar-refractivity contribution in [3.8, 4) is 0 Å². The number of hydrogen-bond acceptors (Lipinski definition) is 2. The number of rotatable bonds is 0. The molecule has 0 heterocycles. The van der Waals surface area contributed by atoms with Crippen LogP contribution in [0.25, 0.3) is 0 Å². The van der Waals surface area contributed by atoms with Crippen molar-refractivity contribution in [2.75, 3.05) is 0 Å². The van der Waals surface area contributed by atoms with Crippen LogP contribution in [0.3, 0.4) is 0 Å². The van der Waals surface area contributed by atoms with Gasteiger partial charge in [0.1, 0.15) is 0 Å². The molecule has 5 atom stereocenters. The Kier molecular flexibility index (Phi) is 1.59. The van der Waals surface area contributed by atoms with Gasteiger partial charge in [-0.1, -0.05) is 20.8 Å². The van der Waals surface area contributed by atoms with Gasteiger partial charge in [0.2, 0.25) is 0 Å². The van der Waals surface area contributed by atoms with Crippen molar-refractivity contribution in [1.29, 1.82) is 0 Å². The summed E-state index contributed by atoms with van der Waals surface area (Å²) in [5, 5.41) is 19.4. The maximum atomic E-state index is 9.74. The van der Waals surface area contributed by atoms with Gasteiger partial charge in [0, 0.05) is 0 Å². The summed E-state index contributed by atoms with van der Waals surface area (Å²) in [6.07, 6.45) is 0.133. The van der Waals surface area contributed by atoms with E-state index in [-0.39, 0.29) is 11.3 Å². The lowest BCUT2D eigenvalue weighted by Gasteiger charge is -2.63. The van der Waals surface area contributed by atoms with Gasteiger partial charge in [0.25, 0.3) is 0 Å². The molecule has 3 rings (SSSR count). The van der Waals surface area contributed by atoms with E-state index in [0.29, 0.717) is 11.8 Å². The highest BCUT2D eigenvalue weighted by Crippen LogP contribution is 2.61. The Balaban J connectivity index is 2.24. The van der Waals surface area contributed by atoms with Crippen LogP contribution in [0.1, 0.15) is 27.2 Å². The fraction of sp³-hybridized carbons (Fsp3) is 1.00. The van der Waals surface area contributed by atoms with Gasteiger partial charge in [-0.15, -0.1) is 0 Å². The van der Waals surface area contributed by atoms with Crippen molar-refractivity contribution in [2.45, 2.75) is 39.4 Å². The monoisotopic (exact) mass is 170 g/mol. The molecule has 12 heavy (non-hydrogen) atoms. The first kappa shape index (κ1) is 8.52. The van der Waals surface area contributed by atoms with Gasteiger partial charge >= 0.3 is 0 Å². The molecule has 0 aromatic carbocycles. The average Bonchev–Trinajstić information content (AvgIpc) is 1.98. The Bertz CT molecular complexity index is 182. The molecule has 3 fully saturated rings. The van der Waals surface area contributed by atoms with Crippen LogP contribution in [0.2, 0.25) is 0 Å². The lowest BCUT2D eigenvalue weighted by Crippen LogP contribution is -2.64. The fourth-order valence-corrected chi connectivity index (χ4v) is 3.25. The molecule has 0 radical (unpaired) electrons. The second-order valence-corrected chi connectivity index (χ2v) is 5.11. The maximum Gasteiger partial charge on any atom is 0.0835 e. The summed E-state index contributed by atoms with van der Waals surface area (Å²) in [4.78, 5) is 0. The first-order chi connectivity index (χ1) is 5.46. The van der Waals surface area contributed by atoms with E-state index in [1.54, 1.807) is 0 Å². The summed E-state index contributed by atoms with van der Waals surface area (Å²) in [5.74, 6) is 1.20. The highest BCUT2D eigenvalue weighted by molar-refractivity contribution is 5.09. The van der Waals surface area contributed by atoms with E-state index < -0.39 is 12.2 Å². The Morgan fingerprint density at radius 2 is 1.67 bits per heavy atom. The molecule has 2 nitrogen and oxygen atoms in total. The lowest BCUT2D eigenvalue weighted by atomic mass is 9.44. The minimum atomic E-state index is -0.486. The molecule has 2 bridgehead atoms. The van der Waals surface area contributed by atoms with E-state index in [9.17, 15) is 10.2 Å². The van der Waals surface area contributed by atoms with E-state index in [0.717, 1.165) is 6.42 Å². The molecular formula is C10H18O2. The molecular weight excluding hydrogens is 152 g/mol. The van der Waals surface area contributed by atoms with Gasteiger partial charge in [-0.2, -0.15) is 0 Å². The van der Waals surface area contributed by atoms with Crippen LogP contribution in [-0.2, 0) is 0 Å².